The van der Waals surface area contributed by atoms with Gasteiger partial charge in [0.2, 0.25) is 0 Å². The largest absolute Gasteiger partial charge is 0.396 e. The van der Waals surface area contributed by atoms with Crippen LogP contribution in [0.2, 0.25) is 10.0 Å². The molecule has 13 heavy (non-hydrogen) atoms. The van der Waals surface area contributed by atoms with E-state index < -0.39 is 16.7 Å². The summed E-state index contributed by atoms with van der Waals surface area (Å²) in [7, 11) is 0. The lowest BCUT2D eigenvalue weighted by molar-refractivity contribution is 0.587. The Bertz CT molecular complexity index is 276. The molecule has 0 heterocycles. The van der Waals surface area contributed by atoms with Gasteiger partial charge in [0.05, 0.1) is 10.7 Å². The van der Waals surface area contributed by atoms with Crippen molar-refractivity contribution in [2.24, 2.45) is 0 Å². The maximum absolute atomic E-state index is 12.6. The van der Waals surface area contributed by atoms with E-state index >= 15 is 0 Å². The van der Waals surface area contributed by atoms with Gasteiger partial charge in [0.25, 0.3) is 0 Å². The van der Waals surface area contributed by atoms with Crippen LogP contribution in [0.1, 0.15) is 13.8 Å². The lowest BCUT2D eigenvalue weighted by Crippen LogP contribution is -1.94. The highest BCUT2D eigenvalue weighted by atomic mass is 35.5. The molecule has 0 aliphatic heterocycles. The number of hydrogen-bond donors (Lipinski definition) is 1. The zero-order valence-corrected chi connectivity index (χ0v) is 8.68. The zero-order valence-electron chi connectivity index (χ0n) is 7.17. The standard InChI is InChI=1S/C6H3Cl2F2N.C2H6/c7-2-1-3(11)6(10)4(8)5(2)9;1-2/h1H,11H2;1-2H3. The Labute approximate surface area is 85.4 Å². The fourth-order valence-corrected chi connectivity index (χ4v) is 1.06. The van der Waals surface area contributed by atoms with Crippen LogP contribution >= 0.6 is 23.2 Å². The van der Waals surface area contributed by atoms with Gasteiger partial charge in [0, 0.05) is 0 Å². The molecule has 1 nitrogen and oxygen atoms in total. The van der Waals surface area contributed by atoms with Crippen molar-refractivity contribution in [2.75, 3.05) is 5.73 Å². The molecule has 2 N–H and O–H groups in total. The molecule has 1 aromatic carbocycles. The number of hydrogen-bond acceptors (Lipinski definition) is 1. The van der Waals surface area contributed by atoms with E-state index in [4.69, 9.17) is 28.9 Å². The van der Waals surface area contributed by atoms with Gasteiger partial charge in [-0.05, 0) is 6.07 Å². The summed E-state index contributed by atoms with van der Waals surface area (Å²) < 4.78 is 25.2. The number of rotatable bonds is 0. The van der Waals surface area contributed by atoms with E-state index in [1.54, 1.807) is 0 Å². The summed E-state index contributed by atoms with van der Waals surface area (Å²) in [5.41, 5.74) is 4.82. The van der Waals surface area contributed by atoms with Crippen LogP contribution in [0.5, 0.6) is 0 Å². The topological polar surface area (TPSA) is 26.0 Å². The van der Waals surface area contributed by atoms with E-state index in [0.29, 0.717) is 0 Å². The number of nitrogen functional groups attached to an aromatic ring is 1. The molecule has 0 fully saturated rings. The molecule has 5 heteroatoms. The predicted octanol–water partition coefficient (Wildman–Crippen LogP) is 3.88. The van der Waals surface area contributed by atoms with Crippen molar-refractivity contribution >= 4 is 28.9 Å². The van der Waals surface area contributed by atoms with Crippen LogP contribution in [0.4, 0.5) is 14.5 Å². The van der Waals surface area contributed by atoms with Crippen LogP contribution in [0.3, 0.4) is 0 Å². The predicted molar refractivity (Wildman–Crippen MR) is 52.1 cm³/mol. The van der Waals surface area contributed by atoms with E-state index in [0.717, 1.165) is 6.07 Å². The molecule has 0 unspecified atom stereocenters. The van der Waals surface area contributed by atoms with Crippen LogP contribution in [0.25, 0.3) is 0 Å². The van der Waals surface area contributed by atoms with E-state index in [9.17, 15) is 8.78 Å². The van der Waals surface area contributed by atoms with E-state index in [1.165, 1.54) is 0 Å². The van der Waals surface area contributed by atoms with Crippen molar-refractivity contribution in [1.29, 1.82) is 0 Å². The molecular formula is C8H9Cl2F2N. The molecule has 0 atom stereocenters. The Kier molecular flexibility index (Phi) is 5.03. The van der Waals surface area contributed by atoms with E-state index in [1.807, 2.05) is 13.8 Å². The Hall–Kier alpha value is -0.540. The molecular weight excluding hydrogens is 219 g/mol. The van der Waals surface area contributed by atoms with Crippen molar-refractivity contribution in [3.8, 4) is 0 Å². The maximum Gasteiger partial charge on any atom is 0.167 e. The molecule has 0 spiro atoms. The van der Waals surface area contributed by atoms with Crippen molar-refractivity contribution in [1.82, 2.24) is 0 Å². The molecule has 0 saturated heterocycles. The summed E-state index contributed by atoms with van der Waals surface area (Å²) in [6.45, 7) is 4.00. The van der Waals surface area contributed by atoms with Gasteiger partial charge in [0.15, 0.2) is 11.6 Å². The minimum Gasteiger partial charge on any atom is -0.396 e. The molecule has 0 bridgehead atoms. The van der Waals surface area contributed by atoms with Gasteiger partial charge in [-0.25, -0.2) is 8.78 Å². The second kappa shape index (κ2) is 5.25. The summed E-state index contributed by atoms with van der Waals surface area (Å²) in [5, 5.41) is -0.955. The Morgan fingerprint density at radius 1 is 1.15 bits per heavy atom. The third-order valence-corrected chi connectivity index (χ3v) is 1.74. The van der Waals surface area contributed by atoms with Gasteiger partial charge >= 0.3 is 0 Å². The minimum atomic E-state index is -0.986. The molecule has 0 radical (unpaired) electrons. The summed E-state index contributed by atoms with van der Waals surface area (Å²) in [6, 6.07) is 0.970. The summed E-state index contributed by atoms with van der Waals surface area (Å²) >= 11 is 10.5. The maximum atomic E-state index is 12.6. The highest BCUT2D eigenvalue weighted by Crippen LogP contribution is 2.29. The van der Waals surface area contributed by atoms with E-state index in [2.05, 4.69) is 0 Å². The molecule has 0 saturated carbocycles. The van der Waals surface area contributed by atoms with Crippen molar-refractivity contribution < 1.29 is 8.78 Å². The first-order valence-electron chi connectivity index (χ1n) is 3.62. The van der Waals surface area contributed by atoms with Crippen LogP contribution in [0, 0.1) is 11.6 Å². The number of halogens is 4. The van der Waals surface area contributed by atoms with Gasteiger partial charge in [-0.3, -0.25) is 0 Å². The smallest absolute Gasteiger partial charge is 0.167 e. The van der Waals surface area contributed by atoms with Crippen molar-refractivity contribution in [2.45, 2.75) is 13.8 Å². The lowest BCUT2D eigenvalue weighted by Gasteiger charge is -2.01. The SMILES string of the molecule is CC.Nc1cc(Cl)c(F)c(Cl)c1F. The first-order chi connectivity index (χ1) is 6.04. The zero-order chi connectivity index (χ0) is 10.6. The van der Waals surface area contributed by atoms with Crippen molar-refractivity contribution in [3.63, 3.8) is 0 Å². The molecule has 0 amide bonds. The van der Waals surface area contributed by atoms with Crippen LogP contribution in [-0.4, -0.2) is 0 Å². The van der Waals surface area contributed by atoms with Crippen LogP contribution in [0.15, 0.2) is 6.07 Å². The van der Waals surface area contributed by atoms with Gasteiger partial charge in [-0.2, -0.15) is 0 Å². The second-order valence-electron chi connectivity index (χ2n) is 1.89. The molecule has 1 aromatic rings. The third kappa shape index (κ3) is 2.71. The summed E-state index contributed by atoms with van der Waals surface area (Å²) in [5.74, 6) is -1.96. The van der Waals surface area contributed by atoms with Gasteiger partial charge in [-0.15, -0.1) is 0 Å². The fraction of sp³-hybridized carbons (Fsp3) is 0.250. The minimum absolute atomic E-state index is 0.263. The molecule has 1 rings (SSSR count). The highest BCUT2D eigenvalue weighted by molar-refractivity contribution is 6.35. The first kappa shape index (κ1) is 12.5. The van der Waals surface area contributed by atoms with Crippen LogP contribution < -0.4 is 5.73 Å². The van der Waals surface area contributed by atoms with Gasteiger partial charge in [0.1, 0.15) is 5.02 Å². The second-order valence-corrected chi connectivity index (χ2v) is 2.67. The summed E-state index contributed by atoms with van der Waals surface area (Å²) in [4.78, 5) is 0. The number of anilines is 1. The molecule has 0 aromatic heterocycles. The lowest BCUT2D eigenvalue weighted by atomic mass is 10.3. The third-order valence-electron chi connectivity index (χ3n) is 1.13. The highest BCUT2D eigenvalue weighted by Gasteiger charge is 2.13. The number of benzene rings is 1. The normalized spacial score (nSPS) is 9.08. The first-order valence-corrected chi connectivity index (χ1v) is 4.38. The van der Waals surface area contributed by atoms with Crippen LogP contribution in [-0.2, 0) is 0 Å². The van der Waals surface area contributed by atoms with Crippen molar-refractivity contribution in [3.05, 3.63) is 27.7 Å². The average Bonchev–Trinajstić information content (AvgIpc) is 2.15. The Morgan fingerprint density at radius 3 is 2.08 bits per heavy atom. The fourth-order valence-electron chi connectivity index (χ4n) is 0.591. The average molecular weight is 228 g/mol. The molecule has 74 valence electrons. The number of nitrogens with two attached hydrogens (primary N) is 1. The quantitative estimate of drug-likeness (QED) is 0.407. The Balaban J connectivity index is 0.000000671. The van der Waals surface area contributed by atoms with Gasteiger partial charge < -0.3 is 5.73 Å². The molecule has 0 aliphatic carbocycles. The Morgan fingerprint density at radius 2 is 1.62 bits per heavy atom. The summed E-state index contributed by atoms with van der Waals surface area (Å²) in [6.07, 6.45) is 0. The monoisotopic (exact) mass is 227 g/mol. The van der Waals surface area contributed by atoms with E-state index in [-0.39, 0.29) is 10.7 Å². The molecule has 0 aliphatic rings. The van der Waals surface area contributed by atoms with Gasteiger partial charge in [-0.1, -0.05) is 37.0 Å².